The van der Waals surface area contributed by atoms with E-state index in [0.29, 0.717) is 24.3 Å². The number of anilines is 1. The summed E-state index contributed by atoms with van der Waals surface area (Å²) in [5, 5.41) is 22.4. The van der Waals surface area contributed by atoms with Crippen LogP contribution in [0.5, 0.6) is 5.75 Å². The number of benzene rings is 2. The minimum atomic E-state index is -3.63. The lowest BCUT2D eigenvalue weighted by molar-refractivity contribution is -0.136. The number of sulfonamides is 1. The van der Waals surface area contributed by atoms with Crippen molar-refractivity contribution in [2.24, 2.45) is 0 Å². The second-order valence-electron chi connectivity index (χ2n) is 7.26. The van der Waals surface area contributed by atoms with E-state index in [9.17, 15) is 18.3 Å². The molecule has 174 valence electrons. The van der Waals surface area contributed by atoms with Gasteiger partial charge >= 0.3 is 5.97 Å². The summed E-state index contributed by atoms with van der Waals surface area (Å²) in [4.78, 5) is 11.0. The number of rotatable bonds is 12. The van der Waals surface area contributed by atoms with E-state index in [4.69, 9.17) is 9.84 Å². The average Bonchev–Trinajstić information content (AvgIpc) is 3.33. The Kier molecular flexibility index (Phi) is 8.65. The Hall–Kier alpha value is -3.14. The van der Waals surface area contributed by atoms with Crippen LogP contribution in [-0.2, 0) is 21.2 Å². The zero-order valence-corrected chi connectivity index (χ0v) is 19.4. The first-order valence-electron chi connectivity index (χ1n) is 10.3. The molecule has 0 aliphatic carbocycles. The van der Waals surface area contributed by atoms with Gasteiger partial charge in [0, 0.05) is 23.9 Å². The lowest BCUT2D eigenvalue weighted by atomic mass is 10.1. The van der Waals surface area contributed by atoms with Gasteiger partial charge in [0.15, 0.2) is 0 Å². The van der Waals surface area contributed by atoms with E-state index in [0.717, 1.165) is 11.1 Å². The summed E-state index contributed by atoms with van der Waals surface area (Å²) >= 11 is 1.31. The fraction of sp³-hybridized carbons (Fsp3) is 0.208. The lowest BCUT2D eigenvalue weighted by Gasteiger charge is -2.12. The van der Waals surface area contributed by atoms with Crippen LogP contribution < -0.4 is 9.46 Å². The van der Waals surface area contributed by atoms with Gasteiger partial charge < -0.3 is 14.9 Å². The predicted molar refractivity (Wildman–Crippen MR) is 129 cm³/mol. The van der Waals surface area contributed by atoms with E-state index < -0.39 is 22.1 Å². The highest BCUT2D eigenvalue weighted by Crippen LogP contribution is 2.21. The Morgan fingerprint density at radius 3 is 2.73 bits per heavy atom. The maximum Gasteiger partial charge on any atom is 0.303 e. The number of hydrogen-bond donors (Lipinski definition) is 3. The molecular formula is C24H25NO6S2. The molecule has 1 atom stereocenters. The van der Waals surface area contributed by atoms with Crippen molar-refractivity contribution in [2.75, 3.05) is 11.3 Å². The van der Waals surface area contributed by atoms with E-state index in [1.54, 1.807) is 59.3 Å². The Balaban J connectivity index is 1.53. The molecule has 33 heavy (non-hydrogen) atoms. The van der Waals surface area contributed by atoms with Crippen molar-refractivity contribution in [3.8, 4) is 5.75 Å². The average molecular weight is 488 g/mol. The van der Waals surface area contributed by atoms with Gasteiger partial charge in [0.1, 0.15) is 5.75 Å². The molecule has 3 rings (SSSR count). The summed E-state index contributed by atoms with van der Waals surface area (Å²) in [7, 11) is -3.63. The molecule has 1 heterocycles. The molecule has 3 aromatic rings. The molecule has 0 aliphatic rings. The van der Waals surface area contributed by atoms with Gasteiger partial charge in [-0.3, -0.25) is 9.52 Å². The highest BCUT2D eigenvalue weighted by atomic mass is 32.2. The fourth-order valence-corrected chi connectivity index (χ4v) is 5.10. The number of carboxylic acid groups (broad SMARTS) is 1. The topological polar surface area (TPSA) is 113 Å². The number of aliphatic carboxylic acids is 1. The van der Waals surface area contributed by atoms with Gasteiger partial charge in [0.2, 0.25) is 0 Å². The van der Waals surface area contributed by atoms with Crippen LogP contribution in [0.4, 0.5) is 5.69 Å². The van der Waals surface area contributed by atoms with Gasteiger partial charge in [-0.1, -0.05) is 42.5 Å². The molecule has 1 unspecified atom stereocenters. The van der Waals surface area contributed by atoms with Gasteiger partial charge in [0.25, 0.3) is 10.0 Å². The lowest BCUT2D eigenvalue weighted by Crippen LogP contribution is -2.12. The van der Waals surface area contributed by atoms with E-state index in [-0.39, 0.29) is 17.9 Å². The summed E-state index contributed by atoms with van der Waals surface area (Å²) < 4.78 is 33.0. The van der Waals surface area contributed by atoms with Crippen molar-refractivity contribution in [2.45, 2.75) is 30.3 Å². The van der Waals surface area contributed by atoms with Crippen LogP contribution in [0.2, 0.25) is 0 Å². The number of thiophene rings is 1. The third kappa shape index (κ3) is 7.74. The second kappa shape index (κ2) is 11.6. The predicted octanol–water partition coefficient (Wildman–Crippen LogP) is 4.41. The van der Waals surface area contributed by atoms with Crippen LogP contribution in [0.1, 0.15) is 24.0 Å². The molecule has 3 N–H and O–H groups in total. The number of hydrogen-bond acceptors (Lipinski definition) is 6. The first kappa shape index (κ1) is 24.5. The summed E-state index contributed by atoms with van der Waals surface area (Å²) in [5.41, 5.74) is 1.98. The molecule has 1 aromatic heterocycles. The molecule has 0 bridgehead atoms. The van der Waals surface area contributed by atoms with Crippen LogP contribution in [0.3, 0.4) is 0 Å². The number of aliphatic hydroxyl groups is 1. The Labute approximate surface area is 197 Å². The minimum Gasteiger partial charge on any atom is -0.493 e. The van der Waals surface area contributed by atoms with Crippen molar-refractivity contribution in [1.29, 1.82) is 0 Å². The van der Waals surface area contributed by atoms with Crippen molar-refractivity contribution in [1.82, 2.24) is 0 Å². The van der Waals surface area contributed by atoms with Gasteiger partial charge in [-0.2, -0.15) is 11.3 Å². The van der Waals surface area contributed by atoms with Crippen molar-refractivity contribution in [3.63, 3.8) is 0 Å². The number of ether oxygens (including phenoxy) is 1. The smallest absolute Gasteiger partial charge is 0.303 e. The summed E-state index contributed by atoms with van der Waals surface area (Å²) in [6.45, 7) is 0.260. The first-order valence-corrected chi connectivity index (χ1v) is 12.7. The molecule has 0 spiro atoms. The molecule has 0 saturated carbocycles. The zero-order chi connectivity index (χ0) is 23.7. The third-order valence-corrected chi connectivity index (χ3v) is 6.92. The van der Waals surface area contributed by atoms with Crippen LogP contribution in [0.25, 0.3) is 6.08 Å². The quantitative estimate of drug-likeness (QED) is 0.349. The summed E-state index contributed by atoms with van der Waals surface area (Å²) in [6, 6.07) is 15.7. The minimum absolute atomic E-state index is 0.0220. The van der Waals surface area contributed by atoms with Gasteiger partial charge in [-0.15, -0.1) is 0 Å². The largest absolute Gasteiger partial charge is 0.493 e. The highest BCUT2D eigenvalue weighted by molar-refractivity contribution is 7.92. The molecule has 0 amide bonds. The maximum absolute atomic E-state index is 12.4. The molecule has 0 fully saturated rings. The number of para-hydroxylation sites is 1. The Morgan fingerprint density at radius 1 is 1.15 bits per heavy atom. The maximum atomic E-state index is 12.4. The van der Waals surface area contributed by atoms with Gasteiger partial charge in [-0.05, 0) is 47.2 Å². The van der Waals surface area contributed by atoms with Crippen LogP contribution in [0.15, 0.2) is 76.3 Å². The number of nitrogens with one attached hydrogen (secondary N) is 1. The number of aliphatic hydroxyl groups excluding tert-OH is 1. The standard InChI is InChI=1S/C24H25NO6S2/c26-21(12-14-31-23-7-2-1-5-19(23)9-11-24(27)28)10-8-18-4-3-6-20(16-18)25-33(29,30)22-13-15-32-17-22/h1-8,10,13,15-17,21,25-26H,9,11-12,14H2,(H,27,28)/b10-8+. The SMILES string of the molecule is O=C(O)CCc1ccccc1OCCC(O)/C=C/c1cccc(NS(=O)(=O)c2ccsc2)c1. The van der Waals surface area contributed by atoms with Gasteiger partial charge in [-0.25, -0.2) is 8.42 Å². The highest BCUT2D eigenvalue weighted by Gasteiger charge is 2.14. The van der Waals surface area contributed by atoms with Crippen molar-refractivity contribution in [3.05, 3.63) is 82.6 Å². The molecule has 9 heteroatoms. The Morgan fingerprint density at radius 2 is 1.97 bits per heavy atom. The van der Waals surface area contributed by atoms with Crippen molar-refractivity contribution < 1.29 is 28.2 Å². The molecule has 0 saturated heterocycles. The Bertz CT molecular complexity index is 1190. The number of carbonyl (C=O) groups is 1. The van der Waals surface area contributed by atoms with E-state index in [2.05, 4.69) is 4.72 Å². The number of aryl methyl sites for hydroxylation is 1. The monoisotopic (exact) mass is 487 g/mol. The van der Waals surface area contributed by atoms with Gasteiger partial charge in [0.05, 0.1) is 17.6 Å². The molecule has 0 aliphatic heterocycles. The fourth-order valence-electron chi connectivity index (χ4n) is 3.03. The summed E-state index contributed by atoms with van der Waals surface area (Å²) in [5.74, 6) is -0.255. The van der Waals surface area contributed by atoms with E-state index in [1.165, 1.54) is 11.3 Å². The zero-order valence-electron chi connectivity index (χ0n) is 17.8. The van der Waals surface area contributed by atoms with Crippen LogP contribution in [0, 0.1) is 0 Å². The number of carboxylic acids is 1. The normalized spacial score (nSPS) is 12.5. The first-order chi connectivity index (χ1) is 15.8. The summed E-state index contributed by atoms with van der Waals surface area (Å²) in [6.07, 6.45) is 3.31. The second-order valence-corrected chi connectivity index (χ2v) is 9.72. The molecular weight excluding hydrogens is 462 g/mol. The van der Waals surface area contributed by atoms with Crippen molar-refractivity contribution >= 4 is 39.1 Å². The van der Waals surface area contributed by atoms with Crippen LogP contribution in [-0.4, -0.2) is 37.3 Å². The molecule has 2 aromatic carbocycles. The van der Waals surface area contributed by atoms with E-state index in [1.807, 2.05) is 18.2 Å². The molecule has 7 nitrogen and oxygen atoms in total. The van der Waals surface area contributed by atoms with Crippen LogP contribution >= 0.6 is 11.3 Å². The third-order valence-electron chi connectivity index (χ3n) is 4.71. The van der Waals surface area contributed by atoms with E-state index >= 15 is 0 Å². The molecule has 0 radical (unpaired) electrons.